The van der Waals surface area contributed by atoms with Crippen LogP contribution in [0.3, 0.4) is 0 Å². The van der Waals surface area contributed by atoms with Gasteiger partial charge in [0.15, 0.2) is 0 Å². The summed E-state index contributed by atoms with van der Waals surface area (Å²) >= 11 is 6.12. The van der Waals surface area contributed by atoms with Gasteiger partial charge >= 0.3 is 6.18 Å². The molecule has 0 radical (unpaired) electrons. The van der Waals surface area contributed by atoms with Crippen molar-refractivity contribution in [2.24, 2.45) is 0 Å². The van der Waals surface area contributed by atoms with Crippen LogP contribution >= 0.6 is 11.6 Å². The van der Waals surface area contributed by atoms with Crippen LogP contribution in [-0.2, 0) is 10.9 Å². The van der Waals surface area contributed by atoms with Gasteiger partial charge in [-0.15, -0.1) is 0 Å². The molecule has 5 nitrogen and oxygen atoms in total. The first-order valence-electron chi connectivity index (χ1n) is 8.22. The number of pyridine rings is 1. The molecule has 1 aromatic heterocycles. The monoisotopic (exact) mass is 400 g/mol. The lowest BCUT2D eigenvalue weighted by Gasteiger charge is -2.23. The molecule has 1 fully saturated rings. The summed E-state index contributed by atoms with van der Waals surface area (Å²) in [7, 11) is 0. The molecule has 1 saturated heterocycles. The fraction of sp³-hybridized carbons (Fsp3) is 0.333. The highest BCUT2D eigenvalue weighted by Crippen LogP contribution is 2.35. The molecule has 27 heavy (non-hydrogen) atoms. The van der Waals surface area contributed by atoms with E-state index >= 15 is 0 Å². The van der Waals surface area contributed by atoms with Crippen molar-refractivity contribution in [1.82, 2.24) is 4.98 Å². The fourth-order valence-corrected chi connectivity index (χ4v) is 2.83. The van der Waals surface area contributed by atoms with Crippen LogP contribution in [0.4, 0.5) is 18.9 Å². The van der Waals surface area contributed by atoms with Crippen molar-refractivity contribution in [2.75, 3.05) is 18.5 Å². The zero-order chi connectivity index (χ0) is 19.4. The highest BCUT2D eigenvalue weighted by molar-refractivity contribution is 6.32. The first kappa shape index (κ1) is 19.4. The summed E-state index contributed by atoms with van der Waals surface area (Å²) in [6.07, 6.45) is -2.04. The van der Waals surface area contributed by atoms with Crippen LogP contribution in [0.5, 0.6) is 5.88 Å². The van der Waals surface area contributed by atoms with Gasteiger partial charge in [0.25, 0.3) is 5.91 Å². The van der Waals surface area contributed by atoms with Crippen molar-refractivity contribution in [1.29, 1.82) is 0 Å². The Balaban J connectivity index is 1.73. The molecule has 2 heterocycles. The maximum absolute atomic E-state index is 13.0. The number of para-hydroxylation sites is 1. The molecule has 0 aliphatic carbocycles. The van der Waals surface area contributed by atoms with E-state index in [0.717, 1.165) is 6.07 Å². The van der Waals surface area contributed by atoms with Crippen molar-refractivity contribution in [3.05, 3.63) is 52.7 Å². The van der Waals surface area contributed by atoms with Crippen molar-refractivity contribution in [3.63, 3.8) is 0 Å². The Bertz CT molecular complexity index is 824. The van der Waals surface area contributed by atoms with E-state index < -0.39 is 17.6 Å². The highest BCUT2D eigenvalue weighted by Gasteiger charge is 2.33. The van der Waals surface area contributed by atoms with E-state index in [-0.39, 0.29) is 28.3 Å². The lowest BCUT2D eigenvalue weighted by atomic mass is 10.1. The summed E-state index contributed by atoms with van der Waals surface area (Å²) in [5, 5.41) is 2.36. The topological polar surface area (TPSA) is 60.5 Å². The molecule has 3 rings (SSSR count). The maximum atomic E-state index is 13.0. The summed E-state index contributed by atoms with van der Waals surface area (Å²) in [5.41, 5.74) is -1.25. The van der Waals surface area contributed by atoms with Crippen molar-refractivity contribution >= 4 is 23.2 Å². The van der Waals surface area contributed by atoms with Crippen molar-refractivity contribution in [3.8, 4) is 5.88 Å². The first-order valence-corrected chi connectivity index (χ1v) is 8.60. The molecule has 0 saturated carbocycles. The van der Waals surface area contributed by atoms with Crippen LogP contribution in [0.25, 0.3) is 0 Å². The lowest BCUT2D eigenvalue weighted by molar-refractivity contribution is -0.136. The van der Waals surface area contributed by atoms with Crippen LogP contribution < -0.4 is 10.1 Å². The average molecular weight is 401 g/mol. The molecule has 2 aromatic rings. The summed E-state index contributed by atoms with van der Waals surface area (Å²) in [5.74, 6) is -0.575. The van der Waals surface area contributed by atoms with Gasteiger partial charge in [-0.3, -0.25) is 4.79 Å². The molecular formula is C18H16ClF3N2O3. The fourth-order valence-electron chi connectivity index (χ4n) is 2.62. The van der Waals surface area contributed by atoms with E-state index in [1.807, 2.05) is 0 Å². The predicted octanol–water partition coefficient (Wildman–Crippen LogP) is 4.56. The molecule has 144 valence electrons. The zero-order valence-electron chi connectivity index (χ0n) is 14.1. The number of nitrogens with zero attached hydrogens (tertiary/aromatic N) is 1. The van der Waals surface area contributed by atoms with Crippen LogP contribution in [0.2, 0.25) is 5.02 Å². The average Bonchev–Trinajstić information content (AvgIpc) is 2.64. The van der Waals surface area contributed by atoms with Gasteiger partial charge in [0.2, 0.25) is 5.88 Å². The Morgan fingerprint density at radius 3 is 2.63 bits per heavy atom. The zero-order valence-corrected chi connectivity index (χ0v) is 14.8. The Labute approximate surface area is 158 Å². The molecular weight excluding hydrogens is 385 g/mol. The van der Waals surface area contributed by atoms with E-state index in [1.54, 1.807) is 0 Å². The highest BCUT2D eigenvalue weighted by atomic mass is 35.5. The number of nitrogens with one attached hydrogen (secondary N) is 1. The number of halogens is 4. The van der Waals surface area contributed by atoms with Crippen LogP contribution in [-0.4, -0.2) is 30.2 Å². The number of amides is 1. The molecule has 1 aliphatic rings. The van der Waals surface area contributed by atoms with Gasteiger partial charge in [-0.2, -0.15) is 13.2 Å². The summed E-state index contributed by atoms with van der Waals surface area (Å²) in [6.45, 7) is 1.17. The normalized spacial score (nSPS) is 15.4. The van der Waals surface area contributed by atoms with E-state index in [0.29, 0.717) is 26.1 Å². The predicted molar refractivity (Wildman–Crippen MR) is 93.1 cm³/mol. The number of ether oxygens (including phenoxy) is 2. The van der Waals surface area contributed by atoms with E-state index in [4.69, 9.17) is 21.1 Å². The minimum Gasteiger partial charge on any atom is -0.473 e. The number of hydrogen-bond donors (Lipinski definition) is 1. The Morgan fingerprint density at radius 2 is 1.96 bits per heavy atom. The minimum absolute atomic E-state index is 0.0244. The minimum atomic E-state index is -4.58. The standard InChI is InChI=1S/C18H16ClF3N2O3/c19-14-9-11(10-23-17(14)27-12-5-7-26-8-6-12)16(25)24-15-4-2-1-3-13(15)18(20,21)22/h1-4,9-10,12H,5-8H2,(H,24,25). The molecule has 1 amide bonds. The summed E-state index contributed by atoms with van der Waals surface area (Å²) in [6, 6.07) is 6.04. The molecule has 0 unspecified atom stereocenters. The third-order valence-corrected chi connectivity index (χ3v) is 4.27. The van der Waals surface area contributed by atoms with Gasteiger partial charge in [-0.1, -0.05) is 23.7 Å². The number of benzene rings is 1. The Hall–Kier alpha value is -2.32. The van der Waals surface area contributed by atoms with Gasteiger partial charge in [0, 0.05) is 19.0 Å². The molecule has 1 aliphatic heterocycles. The summed E-state index contributed by atoms with van der Waals surface area (Å²) < 4.78 is 50.0. The summed E-state index contributed by atoms with van der Waals surface area (Å²) in [4.78, 5) is 16.3. The quantitative estimate of drug-likeness (QED) is 0.817. The molecule has 1 aromatic carbocycles. The molecule has 1 N–H and O–H groups in total. The molecule has 9 heteroatoms. The Morgan fingerprint density at radius 1 is 1.26 bits per heavy atom. The van der Waals surface area contributed by atoms with Crippen molar-refractivity contribution in [2.45, 2.75) is 25.1 Å². The number of hydrogen-bond acceptors (Lipinski definition) is 4. The smallest absolute Gasteiger partial charge is 0.418 e. The molecule has 0 bridgehead atoms. The van der Waals surface area contributed by atoms with E-state index in [9.17, 15) is 18.0 Å². The number of anilines is 1. The van der Waals surface area contributed by atoms with Gasteiger partial charge in [-0.25, -0.2) is 4.98 Å². The van der Waals surface area contributed by atoms with Gasteiger partial charge in [0.05, 0.1) is 30.0 Å². The van der Waals surface area contributed by atoms with Crippen molar-refractivity contribution < 1.29 is 27.4 Å². The molecule has 0 atom stereocenters. The first-order chi connectivity index (χ1) is 12.8. The Kier molecular flexibility index (Phi) is 5.86. The number of rotatable bonds is 4. The van der Waals surface area contributed by atoms with Gasteiger partial charge in [-0.05, 0) is 18.2 Å². The van der Waals surface area contributed by atoms with Gasteiger partial charge < -0.3 is 14.8 Å². The molecule has 0 spiro atoms. The third kappa shape index (κ3) is 4.90. The number of carbonyl (C=O) groups excluding carboxylic acids is 1. The number of aromatic nitrogens is 1. The van der Waals surface area contributed by atoms with Crippen LogP contribution in [0.1, 0.15) is 28.8 Å². The van der Waals surface area contributed by atoms with E-state index in [1.165, 1.54) is 30.5 Å². The van der Waals surface area contributed by atoms with Gasteiger partial charge in [0.1, 0.15) is 11.1 Å². The second-order valence-corrected chi connectivity index (χ2v) is 6.35. The third-order valence-electron chi connectivity index (χ3n) is 4.00. The van der Waals surface area contributed by atoms with E-state index in [2.05, 4.69) is 10.3 Å². The van der Waals surface area contributed by atoms with Crippen LogP contribution in [0, 0.1) is 0 Å². The lowest BCUT2D eigenvalue weighted by Crippen LogP contribution is -2.26. The van der Waals surface area contributed by atoms with Crippen LogP contribution in [0.15, 0.2) is 36.5 Å². The maximum Gasteiger partial charge on any atom is 0.418 e. The number of carbonyl (C=O) groups is 1. The second kappa shape index (κ2) is 8.14. The largest absolute Gasteiger partial charge is 0.473 e. The SMILES string of the molecule is O=C(Nc1ccccc1C(F)(F)F)c1cnc(OC2CCOCC2)c(Cl)c1. The number of alkyl halides is 3. The second-order valence-electron chi connectivity index (χ2n) is 5.94.